The zero-order chi connectivity index (χ0) is 20.1. The van der Waals surface area contributed by atoms with Crippen LogP contribution in [0.3, 0.4) is 0 Å². The van der Waals surface area contributed by atoms with Crippen LogP contribution in [0.1, 0.15) is 17.4 Å². The Bertz CT molecular complexity index is 837. The molecule has 1 fully saturated rings. The highest BCUT2D eigenvalue weighted by molar-refractivity contribution is 7.98. The van der Waals surface area contributed by atoms with Crippen LogP contribution in [0.2, 0.25) is 0 Å². The summed E-state index contributed by atoms with van der Waals surface area (Å²) in [6.07, 6.45) is 0. The van der Waals surface area contributed by atoms with Gasteiger partial charge in [0.15, 0.2) is 0 Å². The Labute approximate surface area is 172 Å². The van der Waals surface area contributed by atoms with Gasteiger partial charge >= 0.3 is 6.03 Å². The molecule has 1 N–H and O–H groups in total. The lowest BCUT2D eigenvalue weighted by Crippen LogP contribution is -2.42. The molecule has 4 amide bonds. The highest BCUT2D eigenvalue weighted by atomic mass is 32.2. The molecule has 2 heterocycles. The van der Waals surface area contributed by atoms with Crippen molar-refractivity contribution in [2.45, 2.75) is 25.6 Å². The van der Waals surface area contributed by atoms with Crippen molar-refractivity contribution in [1.29, 1.82) is 0 Å². The molecule has 3 rings (SSSR count). The van der Waals surface area contributed by atoms with E-state index in [0.29, 0.717) is 12.2 Å². The molecule has 8 heteroatoms. The average molecular weight is 418 g/mol. The number of aryl methyl sites for hydroxylation is 1. The Kier molecular flexibility index (Phi) is 6.74. The van der Waals surface area contributed by atoms with Crippen molar-refractivity contribution < 1.29 is 14.4 Å². The first-order chi connectivity index (χ1) is 13.5. The summed E-state index contributed by atoms with van der Waals surface area (Å²) in [6.45, 7) is 3.89. The first kappa shape index (κ1) is 20.4. The molecule has 1 saturated heterocycles. The average Bonchev–Trinajstić information content (AvgIpc) is 3.26. The number of benzene rings is 1. The van der Waals surface area contributed by atoms with E-state index in [9.17, 15) is 14.4 Å². The second kappa shape index (κ2) is 9.25. The van der Waals surface area contributed by atoms with Gasteiger partial charge in [0.25, 0.3) is 5.91 Å². The normalized spacial score (nSPS) is 16.7. The highest BCUT2D eigenvalue weighted by Crippen LogP contribution is 2.25. The minimum atomic E-state index is -0.621. The van der Waals surface area contributed by atoms with Crippen LogP contribution in [0, 0.1) is 6.92 Å². The van der Waals surface area contributed by atoms with Gasteiger partial charge in [0.2, 0.25) is 5.91 Å². The maximum atomic E-state index is 12.7. The van der Waals surface area contributed by atoms with Crippen molar-refractivity contribution in [1.82, 2.24) is 10.2 Å². The summed E-state index contributed by atoms with van der Waals surface area (Å²) in [5.74, 6) is 1.01. The quantitative estimate of drug-likeness (QED) is 0.529. The van der Waals surface area contributed by atoms with Gasteiger partial charge in [-0.05, 0) is 37.4 Å². The second-order valence-electron chi connectivity index (χ2n) is 6.57. The van der Waals surface area contributed by atoms with Crippen molar-refractivity contribution in [2.75, 3.05) is 23.7 Å². The molecule has 0 spiro atoms. The van der Waals surface area contributed by atoms with E-state index in [0.717, 1.165) is 22.0 Å². The molecule has 1 aliphatic rings. The van der Waals surface area contributed by atoms with Gasteiger partial charge in [0.1, 0.15) is 12.6 Å². The van der Waals surface area contributed by atoms with Crippen LogP contribution in [0.15, 0.2) is 41.8 Å². The van der Waals surface area contributed by atoms with Gasteiger partial charge in [0, 0.05) is 28.6 Å². The van der Waals surface area contributed by atoms with Gasteiger partial charge < -0.3 is 5.32 Å². The van der Waals surface area contributed by atoms with Crippen molar-refractivity contribution in [3.8, 4) is 0 Å². The van der Waals surface area contributed by atoms with E-state index < -0.39 is 12.1 Å². The molecular formula is C20H23N3O3S2. The molecule has 0 radical (unpaired) electrons. The van der Waals surface area contributed by atoms with Gasteiger partial charge in [-0.15, -0.1) is 11.3 Å². The molecule has 28 heavy (non-hydrogen) atoms. The number of carbonyl (C=O) groups excluding carboxylic acids is 3. The summed E-state index contributed by atoms with van der Waals surface area (Å²) in [7, 11) is 0. The van der Waals surface area contributed by atoms with Crippen LogP contribution >= 0.6 is 23.1 Å². The van der Waals surface area contributed by atoms with Crippen LogP contribution in [-0.4, -0.2) is 47.6 Å². The molecule has 6 nitrogen and oxygen atoms in total. The molecule has 0 aliphatic carbocycles. The summed E-state index contributed by atoms with van der Waals surface area (Å²) in [5, 5.41) is 4.83. The van der Waals surface area contributed by atoms with E-state index in [1.54, 1.807) is 30.0 Å². The SMILES string of the molecule is Cc1ccc(N2C(=O)N(CC(=O)NCCSCc3cccs3)C(=O)[C@H]2C)cc1. The van der Waals surface area contributed by atoms with E-state index in [1.807, 2.05) is 42.6 Å². The zero-order valence-corrected chi connectivity index (χ0v) is 17.5. The third-order valence-electron chi connectivity index (χ3n) is 4.45. The number of nitrogens with zero attached hydrogens (tertiary/aromatic N) is 2. The largest absolute Gasteiger partial charge is 0.354 e. The molecular weight excluding hydrogens is 394 g/mol. The minimum absolute atomic E-state index is 0.250. The van der Waals surface area contributed by atoms with Gasteiger partial charge in [-0.2, -0.15) is 11.8 Å². The number of nitrogens with one attached hydrogen (secondary N) is 1. The number of thiophene rings is 1. The Hall–Kier alpha value is -2.32. The fourth-order valence-corrected chi connectivity index (χ4v) is 4.64. The molecule has 1 aromatic carbocycles. The standard InChI is InChI=1S/C20H23N3O3S2/c1-14-5-7-16(8-6-14)23-15(2)19(25)22(20(23)26)12-18(24)21-9-11-27-13-17-4-3-10-28-17/h3-8,10,15H,9,11-13H2,1-2H3,(H,21,24)/t15-/m1/s1. The number of thioether (sulfide) groups is 1. The Balaban J connectivity index is 1.49. The third-order valence-corrected chi connectivity index (χ3v) is 6.52. The Morgan fingerprint density at radius 2 is 1.96 bits per heavy atom. The van der Waals surface area contributed by atoms with Gasteiger partial charge in [0.05, 0.1) is 0 Å². The number of anilines is 1. The number of carbonyl (C=O) groups is 3. The van der Waals surface area contributed by atoms with E-state index in [1.165, 1.54) is 9.78 Å². The molecule has 0 saturated carbocycles. The lowest BCUT2D eigenvalue weighted by Gasteiger charge is -2.19. The second-order valence-corrected chi connectivity index (χ2v) is 8.71. The van der Waals surface area contributed by atoms with E-state index >= 15 is 0 Å². The maximum Gasteiger partial charge on any atom is 0.332 e. The zero-order valence-electron chi connectivity index (χ0n) is 15.9. The summed E-state index contributed by atoms with van der Waals surface area (Å²) < 4.78 is 0. The fourth-order valence-electron chi connectivity index (χ4n) is 2.94. The molecule has 1 atom stereocenters. The van der Waals surface area contributed by atoms with Crippen molar-refractivity contribution in [3.63, 3.8) is 0 Å². The molecule has 1 aromatic heterocycles. The molecule has 148 valence electrons. The van der Waals surface area contributed by atoms with Crippen LogP contribution in [0.25, 0.3) is 0 Å². The maximum absolute atomic E-state index is 12.7. The number of urea groups is 1. The van der Waals surface area contributed by atoms with Crippen LogP contribution in [0.4, 0.5) is 10.5 Å². The van der Waals surface area contributed by atoms with Crippen LogP contribution in [-0.2, 0) is 15.3 Å². The lowest BCUT2D eigenvalue weighted by molar-refractivity contribution is -0.131. The van der Waals surface area contributed by atoms with E-state index in [2.05, 4.69) is 11.4 Å². The van der Waals surface area contributed by atoms with Gasteiger partial charge in [-0.3, -0.25) is 19.4 Å². The molecule has 0 bridgehead atoms. The van der Waals surface area contributed by atoms with E-state index in [4.69, 9.17) is 0 Å². The summed E-state index contributed by atoms with van der Waals surface area (Å²) in [4.78, 5) is 41.2. The van der Waals surface area contributed by atoms with Crippen molar-refractivity contribution in [3.05, 3.63) is 52.2 Å². The monoisotopic (exact) mass is 417 g/mol. The van der Waals surface area contributed by atoms with Gasteiger partial charge in [-0.25, -0.2) is 4.79 Å². The van der Waals surface area contributed by atoms with Crippen molar-refractivity contribution in [2.24, 2.45) is 0 Å². The minimum Gasteiger partial charge on any atom is -0.354 e. The lowest BCUT2D eigenvalue weighted by atomic mass is 10.2. The third kappa shape index (κ3) is 4.74. The Morgan fingerprint density at radius 1 is 1.21 bits per heavy atom. The number of amides is 4. The molecule has 2 aromatic rings. The number of hydrogen-bond donors (Lipinski definition) is 1. The Morgan fingerprint density at radius 3 is 2.64 bits per heavy atom. The number of rotatable bonds is 8. The molecule has 1 aliphatic heterocycles. The summed E-state index contributed by atoms with van der Waals surface area (Å²) in [5.41, 5.74) is 1.73. The van der Waals surface area contributed by atoms with E-state index in [-0.39, 0.29) is 18.4 Å². The summed E-state index contributed by atoms with van der Waals surface area (Å²) >= 11 is 3.45. The van der Waals surface area contributed by atoms with Crippen LogP contribution in [0.5, 0.6) is 0 Å². The summed E-state index contributed by atoms with van der Waals surface area (Å²) in [6, 6.07) is 10.4. The number of imide groups is 1. The van der Waals surface area contributed by atoms with Gasteiger partial charge in [-0.1, -0.05) is 23.8 Å². The van der Waals surface area contributed by atoms with Crippen molar-refractivity contribution >= 4 is 46.6 Å². The predicted octanol–water partition coefficient (Wildman–Crippen LogP) is 3.26. The molecule has 0 unspecified atom stereocenters. The number of hydrogen-bond acceptors (Lipinski definition) is 5. The first-order valence-corrected chi connectivity index (χ1v) is 11.1. The first-order valence-electron chi connectivity index (χ1n) is 9.05. The highest BCUT2D eigenvalue weighted by Gasteiger charge is 2.43. The predicted molar refractivity (Wildman–Crippen MR) is 114 cm³/mol. The smallest absolute Gasteiger partial charge is 0.332 e. The fraction of sp³-hybridized carbons (Fsp3) is 0.350. The topological polar surface area (TPSA) is 69.7 Å². The van der Waals surface area contributed by atoms with Crippen LogP contribution < -0.4 is 10.2 Å².